The van der Waals surface area contributed by atoms with E-state index in [1.807, 2.05) is 5.43 Å². The predicted octanol–water partition coefficient (Wildman–Crippen LogP) is 3.69. The highest BCUT2D eigenvalue weighted by Gasteiger charge is 2.33. The van der Waals surface area contributed by atoms with Crippen LogP contribution in [0.25, 0.3) is 0 Å². The van der Waals surface area contributed by atoms with Crippen molar-refractivity contribution in [1.29, 1.82) is 0 Å². The van der Waals surface area contributed by atoms with Crippen molar-refractivity contribution in [3.63, 3.8) is 0 Å². The van der Waals surface area contributed by atoms with E-state index in [-0.39, 0.29) is 11.0 Å². The Labute approximate surface area is 125 Å². The average molecular weight is 365 g/mol. The number of anilines is 1. The number of alkyl halides is 3. The van der Waals surface area contributed by atoms with Gasteiger partial charge in [0.05, 0.1) is 0 Å². The van der Waals surface area contributed by atoms with Gasteiger partial charge < -0.3 is 0 Å². The van der Waals surface area contributed by atoms with Gasteiger partial charge in [-0.1, -0.05) is 27.7 Å². The Kier molecular flexibility index (Phi) is 4.51. The largest absolute Gasteiger partial charge is 0.433 e. The number of nitrogens with zero attached hydrogens (tertiary/aromatic N) is 2. The van der Waals surface area contributed by atoms with Crippen LogP contribution in [0.1, 0.15) is 5.69 Å². The van der Waals surface area contributed by atoms with Gasteiger partial charge in [0.2, 0.25) is 5.95 Å². The van der Waals surface area contributed by atoms with Crippen LogP contribution >= 0.6 is 27.7 Å². The molecule has 20 heavy (non-hydrogen) atoms. The molecule has 0 spiro atoms. The number of hydrazine groups is 1. The van der Waals surface area contributed by atoms with E-state index < -0.39 is 11.9 Å². The molecule has 0 saturated carbocycles. The first-order chi connectivity index (χ1) is 9.38. The second kappa shape index (κ2) is 5.98. The number of halogens is 4. The molecule has 2 aromatic rings. The molecule has 1 heterocycles. The molecule has 0 fully saturated rings. The minimum atomic E-state index is -4.55. The van der Waals surface area contributed by atoms with E-state index in [4.69, 9.17) is 5.84 Å². The van der Waals surface area contributed by atoms with E-state index in [0.717, 1.165) is 27.2 Å². The molecule has 0 radical (unpaired) electrons. The lowest BCUT2D eigenvalue weighted by molar-refractivity contribution is -0.141. The zero-order valence-electron chi connectivity index (χ0n) is 9.78. The maximum absolute atomic E-state index is 12.7. The van der Waals surface area contributed by atoms with Crippen LogP contribution in [0, 0.1) is 0 Å². The van der Waals surface area contributed by atoms with E-state index >= 15 is 0 Å². The lowest BCUT2D eigenvalue weighted by Gasteiger charge is -2.09. The Morgan fingerprint density at radius 2 is 1.80 bits per heavy atom. The van der Waals surface area contributed by atoms with Gasteiger partial charge in [-0.3, -0.25) is 5.43 Å². The Hall–Kier alpha value is -1.32. The lowest BCUT2D eigenvalue weighted by atomic mass is 10.4. The van der Waals surface area contributed by atoms with Crippen LogP contribution in [0.5, 0.6) is 0 Å². The molecule has 4 nitrogen and oxygen atoms in total. The zero-order chi connectivity index (χ0) is 14.8. The molecule has 0 saturated heterocycles. The lowest BCUT2D eigenvalue weighted by Crippen LogP contribution is -2.15. The highest BCUT2D eigenvalue weighted by molar-refractivity contribution is 9.10. The standard InChI is InChI=1S/C11H8BrF3N4S/c12-6-1-3-7(4-2-6)20-9-5-8(11(13,14)15)17-10(18-9)19-16/h1-5H,16H2,(H,17,18,19). The first-order valence-electron chi connectivity index (χ1n) is 5.25. The van der Waals surface area contributed by atoms with Crippen molar-refractivity contribution in [2.75, 3.05) is 5.43 Å². The molecular formula is C11H8BrF3N4S. The molecular weight excluding hydrogens is 357 g/mol. The Bertz CT molecular complexity index is 604. The Morgan fingerprint density at radius 1 is 1.15 bits per heavy atom. The molecule has 3 N–H and O–H groups in total. The molecule has 0 unspecified atom stereocenters. The number of nitrogens with one attached hydrogen (secondary N) is 1. The van der Waals surface area contributed by atoms with Crippen LogP contribution < -0.4 is 11.3 Å². The third-order valence-corrected chi connectivity index (χ3v) is 3.61. The van der Waals surface area contributed by atoms with E-state index in [1.54, 1.807) is 24.3 Å². The maximum Gasteiger partial charge on any atom is 0.433 e. The highest BCUT2D eigenvalue weighted by Crippen LogP contribution is 2.33. The SMILES string of the molecule is NNc1nc(Sc2ccc(Br)cc2)cc(C(F)(F)F)n1. The van der Waals surface area contributed by atoms with Crippen molar-refractivity contribution in [2.24, 2.45) is 5.84 Å². The van der Waals surface area contributed by atoms with E-state index in [2.05, 4.69) is 25.9 Å². The number of rotatable bonds is 3. The van der Waals surface area contributed by atoms with Gasteiger partial charge in [-0.15, -0.1) is 0 Å². The fourth-order valence-electron chi connectivity index (χ4n) is 1.31. The summed E-state index contributed by atoms with van der Waals surface area (Å²) in [5, 5.41) is 0.155. The highest BCUT2D eigenvalue weighted by atomic mass is 79.9. The summed E-state index contributed by atoms with van der Waals surface area (Å²) in [4.78, 5) is 7.93. The van der Waals surface area contributed by atoms with Gasteiger partial charge in [0.15, 0.2) is 5.69 Å². The smallest absolute Gasteiger partial charge is 0.292 e. The van der Waals surface area contributed by atoms with E-state index in [1.165, 1.54) is 0 Å². The van der Waals surface area contributed by atoms with Crippen molar-refractivity contribution in [3.05, 3.63) is 40.5 Å². The minimum absolute atomic E-state index is 0.155. The summed E-state index contributed by atoms with van der Waals surface area (Å²) in [6, 6.07) is 7.99. The van der Waals surface area contributed by atoms with E-state index in [0.29, 0.717) is 0 Å². The first kappa shape index (κ1) is 15.1. The Morgan fingerprint density at radius 3 is 2.35 bits per heavy atom. The number of aromatic nitrogens is 2. The molecule has 1 aromatic heterocycles. The number of benzene rings is 1. The van der Waals surface area contributed by atoms with Gasteiger partial charge in [0, 0.05) is 15.4 Å². The summed E-state index contributed by atoms with van der Waals surface area (Å²) >= 11 is 4.37. The van der Waals surface area contributed by atoms with Crippen molar-refractivity contribution in [1.82, 2.24) is 9.97 Å². The molecule has 0 bridgehead atoms. The van der Waals surface area contributed by atoms with Gasteiger partial charge >= 0.3 is 6.18 Å². The molecule has 0 atom stereocenters. The molecule has 1 aromatic carbocycles. The predicted molar refractivity (Wildman–Crippen MR) is 73.1 cm³/mol. The molecule has 0 aliphatic carbocycles. The van der Waals surface area contributed by atoms with Crippen LogP contribution in [-0.2, 0) is 6.18 Å². The summed E-state index contributed by atoms with van der Waals surface area (Å²) < 4.78 is 39.0. The minimum Gasteiger partial charge on any atom is -0.292 e. The fourth-order valence-corrected chi connectivity index (χ4v) is 2.39. The molecule has 2 rings (SSSR count). The number of nitrogens with two attached hydrogens (primary N) is 1. The number of hydrogen-bond donors (Lipinski definition) is 2. The second-order valence-corrected chi connectivity index (χ2v) is 5.62. The van der Waals surface area contributed by atoms with Crippen molar-refractivity contribution >= 4 is 33.6 Å². The quantitative estimate of drug-likeness (QED) is 0.494. The molecule has 0 aliphatic heterocycles. The van der Waals surface area contributed by atoms with Gasteiger partial charge in [-0.2, -0.15) is 13.2 Å². The summed E-state index contributed by atoms with van der Waals surface area (Å²) in [5.74, 6) is 4.81. The Balaban J connectivity index is 2.33. The molecule has 9 heteroatoms. The summed E-state index contributed by atoms with van der Waals surface area (Å²) in [5.41, 5.74) is 0.990. The molecule has 106 valence electrons. The number of hydrogen-bond acceptors (Lipinski definition) is 5. The second-order valence-electron chi connectivity index (χ2n) is 3.61. The van der Waals surface area contributed by atoms with Crippen LogP contribution in [0.2, 0.25) is 0 Å². The normalized spacial score (nSPS) is 11.4. The third-order valence-electron chi connectivity index (χ3n) is 2.16. The molecule has 0 aliphatic rings. The maximum atomic E-state index is 12.7. The van der Waals surface area contributed by atoms with Crippen molar-refractivity contribution in [3.8, 4) is 0 Å². The van der Waals surface area contributed by atoms with Crippen LogP contribution in [-0.4, -0.2) is 9.97 Å². The van der Waals surface area contributed by atoms with Gasteiger partial charge in [0.1, 0.15) is 5.03 Å². The number of nitrogen functional groups attached to an aromatic ring is 1. The van der Waals surface area contributed by atoms with E-state index in [9.17, 15) is 13.2 Å². The summed E-state index contributed by atoms with van der Waals surface area (Å²) in [7, 11) is 0. The molecule has 0 amide bonds. The first-order valence-corrected chi connectivity index (χ1v) is 6.86. The van der Waals surface area contributed by atoms with Gasteiger partial charge in [-0.05, 0) is 24.3 Å². The van der Waals surface area contributed by atoms with Crippen LogP contribution in [0.15, 0.2) is 44.7 Å². The topological polar surface area (TPSA) is 63.8 Å². The average Bonchev–Trinajstić information content (AvgIpc) is 2.40. The fraction of sp³-hybridized carbons (Fsp3) is 0.0909. The van der Waals surface area contributed by atoms with Crippen LogP contribution in [0.4, 0.5) is 19.1 Å². The monoisotopic (exact) mass is 364 g/mol. The van der Waals surface area contributed by atoms with Crippen molar-refractivity contribution in [2.45, 2.75) is 16.1 Å². The summed E-state index contributed by atoms with van der Waals surface area (Å²) in [6.45, 7) is 0. The van der Waals surface area contributed by atoms with Crippen LogP contribution in [0.3, 0.4) is 0 Å². The van der Waals surface area contributed by atoms with Gasteiger partial charge in [0.25, 0.3) is 0 Å². The van der Waals surface area contributed by atoms with Gasteiger partial charge in [-0.25, -0.2) is 15.8 Å². The zero-order valence-corrected chi connectivity index (χ0v) is 12.2. The van der Waals surface area contributed by atoms with Crippen molar-refractivity contribution < 1.29 is 13.2 Å². The summed E-state index contributed by atoms with van der Waals surface area (Å²) in [6.07, 6.45) is -4.55. The third kappa shape index (κ3) is 3.84.